The van der Waals surface area contributed by atoms with Crippen molar-refractivity contribution in [2.45, 2.75) is 18.8 Å². The zero-order valence-corrected chi connectivity index (χ0v) is 13.5. The molecule has 0 aromatic carbocycles. The van der Waals surface area contributed by atoms with Gasteiger partial charge in [0.25, 0.3) is 0 Å². The highest BCUT2D eigenvalue weighted by molar-refractivity contribution is 5.46. The van der Waals surface area contributed by atoms with Crippen molar-refractivity contribution >= 4 is 11.8 Å². The van der Waals surface area contributed by atoms with E-state index in [0.717, 1.165) is 31.6 Å². The normalized spacial score (nSPS) is 22.0. The molecule has 2 aromatic heterocycles. The predicted octanol–water partition coefficient (Wildman–Crippen LogP) is 1.56. The largest absolute Gasteiger partial charge is 0.378 e. The Bertz CT molecular complexity index is 673. The predicted molar refractivity (Wildman–Crippen MR) is 87.8 cm³/mol. The number of anilines is 2. The number of H-pyrrole nitrogens is 1. The topological polar surface area (TPSA) is 70.2 Å². The van der Waals surface area contributed by atoms with Crippen molar-refractivity contribution in [1.82, 2.24) is 20.2 Å². The molecule has 8 heteroatoms. The lowest BCUT2D eigenvalue weighted by atomic mass is 9.95. The van der Waals surface area contributed by atoms with Crippen LogP contribution in [0.15, 0.2) is 18.5 Å². The minimum absolute atomic E-state index is 0.372. The lowest BCUT2D eigenvalue weighted by Crippen LogP contribution is -2.39. The number of ether oxygens (including phenoxy) is 1. The van der Waals surface area contributed by atoms with Crippen LogP contribution in [-0.4, -0.2) is 59.6 Å². The second-order valence-electron chi connectivity index (χ2n) is 6.24. The summed E-state index contributed by atoms with van der Waals surface area (Å²) < 4.78 is 19.5. The Kier molecular flexibility index (Phi) is 4.29. The summed E-state index contributed by atoms with van der Waals surface area (Å²) in [5, 5.41) is 7.09. The van der Waals surface area contributed by atoms with E-state index in [1.807, 2.05) is 11.0 Å². The Morgan fingerprint density at radius 3 is 2.88 bits per heavy atom. The molecule has 2 aliphatic heterocycles. The van der Waals surface area contributed by atoms with Crippen LogP contribution in [0, 0.1) is 5.82 Å². The molecule has 0 radical (unpaired) electrons. The summed E-state index contributed by atoms with van der Waals surface area (Å²) in [6.07, 6.45) is 5.22. The van der Waals surface area contributed by atoms with Gasteiger partial charge < -0.3 is 14.5 Å². The van der Waals surface area contributed by atoms with E-state index >= 15 is 0 Å². The molecule has 0 bridgehead atoms. The third kappa shape index (κ3) is 3.06. The van der Waals surface area contributed by atoms with Gasteiger partial charge in [-0.2, -0.15) is 10.1 Å². The Hall–Kier alpha value is -2.22. The zero-order valence-electron chi connectivity index (χ0n) is 13.5. The van der Waals surface area contributed by atoms with E-state index in [1.54, 1.807) is 6.20 Å². The minimum Gasteiger partial charge on any atom is -0.378 e. The lowest BCUT2D eigenvalue weighted by molar-refractivity contribution is 0.122. The van der Waals surface area contributed by atoms with Gasteiger partial charge in [-0.1, -0.05) is 0 Å². The van der Waals surface area contributed by atoms with Gasteiger partial charge in [-0.05, 0) is 18.9 Å². The van der Waals surface area contributed by atoms with Gasteiger partial charge in [-0.15, -0.1) is 0 Å². The van der Waals surface area contributed by atoms with Gasteiger partial charge >= 0.3 is 0 Å². The summed E-state index contributed by atoms with van der Waals surface area (Å²) in [7, 11) is 0. The van der Waals surface area contributed by atoms with Crippen LogP contribution in [0.25, 0.3) is 0 Å². The summed E-state index contributed by atoms with van der Waals surface area (Å²) >= 11 is 0. The molecule has 0 amide bonds. The summed E-state index contributed by atoms with van der Waals surface area (Å²) in [6.45, 7) is 4.22. The molecule has 7 nitrogen and oxygen atoms in total. The number of hydrogen-bond acceptors (Lipinski definition) is 6. The van der Waals surface area contributed by atoms with Crippen molar-refractivity contribution in [2.75, 3.05) is 49.2 Å². The maximum absolute atomic E-state index is 14.2. The van der Waals surface area contributed by atoms with Crippen molar-refractivity contribution in [3.63, 3.8) is 0 Å². The molecule has 0 spiro atoms. The van der Waals surface area contributed by atoms with E-state index in [9.17, 15) is 4.39 Å². The standard InChI is InChI=1S/C16H21FN6O/c17-13-10-18-16(20-15(13)22-6-8-24-9-7-22)23-5-1-2-12(11-23)14-3-4-19-21-14/h3-4,10,12H,1-2,5-9,11H2,(H,19,21)/t12-/m0/s1. The Morgan fingerprint density at radius 2 is 2.08 bits per heavy atom. The average Bonchev–Trinajstić information content (AvgIpc) is 3.18. The highest BCUT2D eigenvalue weighted by Gasteiger charge is 2.25. The molecule has 0 unspecified atom stereocenters. The van der Waals surface area contributed by atoms with E-state index in [2.05, 4.69) is 25.1 Å². The van der Waals surface area contributed by atoms with Gasteiger partial charge in [0.05, 0.1) is 19.4 Å². The Morgan fingerprint density at radius 1 is 1.21 bits per heavy atom. The average molecular weight is 332 g/mol. The van der Waals surface area contributed by atoms with Crippen molar-refractivity contribution in [1.29, 1.82) is 0 Å². The van der Waals surface area contributed by atoms with E-state index in [-0.39, 0.29) is 5.82 Å². The fourth-order valence-electron chi connectivity index (χ4n) is 3.41. The van der Waals surface area contributed by atoms with Crippen LogP contribution in [-0.2, 0) is 4.74 Å². The molecule has 4 rings (SSSR count). The highest BCUT2D eigenvalue weighted by Crippen LogP contribution is 2.28. The van der Waals surface area contributed by atoms with Crippen LogP contribution in [0.4, 0.5) is 16.2 Å². The van der Waals surface area contributed by atoms with Crippen molar-refractivity contribution < 1.29 is 9.13 Å². The van der Waals surface area contributed by atoms with Crippen LogP contribution < -0.4 is 9.80 Å². The molecule has 2 aliphatic rings. The minimum atomic E-state index is -0.372. The van der Waals surface area contributed by atoms with Crippen molar-refractivity contribution in [3.8, 4) is 0 Å². The summed E-state index contributed by atoms with van der Waals surface area (Å²) in [5.41, 5.74) is 1.13. The van der Waals surface area contributed by atoms with Gasteiger partial charge in [-0.3, -0.25) is 5.10 Å². The zero-order chi connectivity index (χ0) is 16.4. The van der Waals surface area contributed by atoms with Gasteiger partial charge in [0.15, 0.2) is 11.6 Å². The number of aromatic amines is 1. The van der Waals surface area contributed by atoms with Crippen molar-refractivity contribution in [2.24, 2.45) is 0 Å². The molecule has 0 saturated carbocycles. The maximum atomic E-state index is 14.2. The number of nitrogens with zero attached hydrogens (tertiary/aromatic N) is 5. The van der Waals surface area contributed by atoms with Crippen LogP contribution in [0.5, 0.6) is 0 Å². The molecular formula is C16H21FN6O. The molecule has 2 saturated heterocycles. The van der Waals surface area contributed by atoms with E-state index < -0.39 is 0 Å². The number of nitrogens with one attached hydrogen (secondary N) is 1. The molecule has 2 aromatic rings. The molecule has 1 N–H and O–H groups in total. The molecule has 2 fully saturated rings. The molecule has 128 valence electrons. The Balaban J connectivity index is 1.55. The monoisotopic (exact) mass is 332 g/mol. The van der Waals surface area contributed by atoms with Crippen LogP contribution in [0.1, 0.15) is 24.5 Å². The van der Waals surface area contributed by atoms with Gasteiger partial charge in [0.1, 0.15) is 0 Å². The fraction of sp³-hybridized carbons (Fsp3) is 0.562. The highest BCUT2D eigenvalue weighted by atomic mass is 19.1. The number of hydrogen-bond donors (Lipinski definition) is 1. The summed E-state index contributed by atoms with van der Waals surface area (Å²) in [6, 6.07) is 2.01. The quantitative estimate of drug-likeness (QED) is 0.920. The molecular weight excluding hydrogens is 311 g/mol. The van der Waals surface area contributed by atoms with Crippen LogP contribution >= 0.6 is 0 Å². The molecule has 0 aliphatic carbocycles. The Labute approximate surface area is 139 Å². The first kappa shape index (κ1) is 15.3. The lowest BCUT2D eigenvalue weighted by Gasteiger charge is -2.33. The van der Waals surface area contributed by atoms with Gasteiger partial charge in [0.2, 0.25) is 5.95 Å². The second kappa shape index (κ2) is 6.72. The third-order valence-electron chi connectivity index (χ3n) is 4.69. The smallest absolute Gasteiger partial charge is 0.227 e. The van der Waals surface area contributed by atoms with Crippen LogP contribution in [0.3, 0.4) is 0 Å². The number of aromatic nitrogens is 4. The third-order valence-corrected chi connectivity index (χ3v) is 4.69. The number of morpholine rings is 1. The van der Waals surface area contributed by atoms with E-state index in [4.69, 9.17) is 4.74 Å². The van der Waals surface area contributed by atoms with Crippen LogP contribution in [0.2, 0.25) is 0 Å². The first-order valence-electron chi connectivity index (χ1n) is 8.41. The molecule has 24 heavy (non-hydrogen) atoms. The SMILES string of the molecule is Fc1cnc(N2CCC[C@H](c3ccn[nH]3)C2)nc1N1CCOCC1. The first-order chi connectivity index (χ1) is 11.8. The summed E-state index contributed by atoms with van der Waals surface area (Å²) in [4.78, 5) is 12.8. The maximum Gasteiger partial charge on any atom is 0.227 e. The number of halogens is 1. The molecule has 1 atom stereocenters. The number of rotatable bonds is 3. The van der Waals surface area contributed by atoms with Gasteiger partial charge in [0, 0.05) is 44.0 Å². The van der Waals surface area contributed by atoms with Crippen molar-refractivity contribution in [3.05, 3.63) is 30.0 Å². The first-order valence-corrected chi connectivity index (χ1v) is 8.41. The van der Waals surface area contributed by atoms with E-state index in [1.165, 1.54) is 6.20 Å². The second-order valence-corrected chi connectivity index (χ2v) is 6.24. The number of piperidine rings is 1. The molecule has 4 heterocycles. The fourth-order valence-corrected chi connectivity index (χ4v) is 3.41. The van der Waals surface area contributed by atoms with E-state index in [0.29, 0.717) is 44.0 Å². The summed E-state index contributed by atoms with van der Waals surface area (Å²) in [5.74, 6) is 0.985. The van der Waals surface area contributed by atoms with Gasteiger partial charge in [-0.25, -0.2) is 9.37 Å².